The van der Waals surface area contributed by atoms with Crippen LogP contribution < -0.4 is 0 Å². The Kier molecular flexibility index (Phi) is 5.29. The minimum atomic E-state index is -0.354. The van der Waals surface area contributed by atoms with Crippen LogP contribution in [0.4, 0.5) is 0 Å². The van der Waals surface area contributed by atoms with Gasteiger partial charge in [0.25, 0.3) is 0 Å². The van der Waals surface area contributed by atoms with Crippen LogP contribution in [0.3, 0.4) is 0 Å². The summed E-state index contributed by atoms with van der Waals surface area (Å²) < 4.78 is 5.52. The first-order valence-corrected chi connectivity index (χ1v) is 8.01. The second kappa shape index (κ2) is 7.80. The molecule has 0 aliphatic carbocycles. The predicted molar refractivity (Wildman–Crippen MR) is 95.6 cm³/mol. The zero-order valence-electron chi connectivity index (χ0n) is 13.0. The molecule has 0 aliphatic heterocycles. The monoisotopic (exact) mass is 335 g/mol. The molecule has 3 aromatic rings. The zero-order chi connectivity index (χ0) is 16.8. The van der Waals surface area contributed by atoms with Crippen molar-refractivity contribution < 1.29 is 9.53 Å². The lowest BCUT2D eigenvalue weighted by atomic mass is 9.91. The average Bonchev–Trinajstić information content (AvgIpc) is 2.64. The summed E-state index contributed by atoms with van der Waals surface area (Å²) in [5.74, 6) is 0.176. The van der Waals surface area contributed by atoms with Gasteiger partial charge in [-0.2, -0.15) is 0 Å². The highest BCUT2D eigenvalue weighted by Crippen LogP contribution is 2.26. The van der Waals surface area contributed by atoms with Crippen LogP contribution in [-0.4, -0.2) is 5.97 Å². The molecule has 0 N–H and O–H groups in total. The van der Waals surface area contributed by atoms with Crippen molar-refractivity contribution in [2.24, 2.45) is 0 Å². The third-order valence-corrected chi connectivity index (χ3v) is 3.86. The van der Waals surface area contributed by atoms with Crippen LogP contribution >= 0.6 is 11.6 Å². The van der Waals surface area contributed by atoms with Crippen LogP contribution in [0.15, 0.2) is 84.9 Å². The second-order valence-corrected chi connectivity index (χ2v) is 5.75. The number of halogens is 1. The first kappa shape index (κ1) is 16.3. The van der Waals surface area contributed by atoms with Gasteiger partial charge in [0.2, 0.25) is 0 Å². The first-order chi connectivity index (χ1) is 11.7. The number of hydrogen-bond acceptors (Lipinski definition) is 2. The fraction of sp³-hybridized carbons (Fsp3) is 0.0476. The van der Waals surface area contributed by atoms with E-state index in [9.17, 15) is 4.79 Å². The van der Waals surface area contributed by atoms with Gasteiger partial charge in [-0.1, -0.05) is 84.4 Å². The minimum Gasteiger partial charge on any atom is -0.460 e. The van der Waals surface area contributed by atoms with Gasteiger partial charge >= 0.3 is 5.97 Å². The molecule has 0 bridgehead atoms. The van der Waals surface area contributed by atoms with E-state index in [1.807, 2.05) is 72.8 Å². The minimum absolute atomic E-state index is 0.240. The van der Waals surface area contributed by atoms with E-state index in [0.29, 0.717) is 10.9 Å². The van der Waals surface area contributed by atoms with Crippen molar-refractivity contribution in [2.45, 2.75) is 6.61 Å². The summed E-state index contributed by atoms with van der Waals surface area (Å²) in [6, 6.07) is 26.3. The number of carbonyl (C=O) groups is 1. The highest BCUT2D eigenvalue weighted by Gasteiger charge is 2.25. The Morgan fingerprint density at radius 3 is 1.92 bits per heavy atom. The van der Waals surface area contributed by atoms with E-state index in [1.54, 1.807) is 12.1 Å². The van der Waals surface area contributed by atoms with Crippen LogP contribution in [0.1, 0.15) is 16.7 Å². The van der Waals surface area contributed by atoms with Gasteiger partial charge in [0, 0.05) is 5.02 Å². The summed E-state index contributed by atoms with van der Waals surface area (Å²) in [4.78, 5) is 12.7. The Bertz CT molecular complexity index is 783. The zero-order valence-corrected chi connectivity index (χ0v) is 13.7. The third-order valence-electron chi connectivity index (χ3n) is 3.61. The van der Waals surface area contributed by atoms with Crippen LogP contribution in [0, 0.1) is 5.92 Å². The van der Waals surface area contributed by atoms with Gasteiger partial charge in [0.05, 0.1) is 0 Å². The van der Waals surface area contributed by atoms with E-state index in [0.717, 1.165) is 16.7 Å². The molecule has 0 saturated heterocycles. The van der Waals surface area contributed by atoms with E-state index in [4.69, 9.17) is 16.3 Å². The van der Waals surface area contributed by atoms with Crippen LogP contribution in [-0.2, 0) is 16.1 Å². The standard InChI is InChI=1S/C21H16ClO2/c22-19-13-11-18(12-14-19)20(17-9-5-2-6-10-17)21(23)24-15-16-7-3-1-4-8-16/h1-14H,15H2. The van der Waals surface area contributed by atoms with Crippen molar-refractivity contribution in [3.05, 3.63) is 113 Å². The highest BCUT2D eigenvalue weighted by atomic mass is 35.5. The van der Waals surface area contributed by atoms with Crippen molar-refractivity contribution in [3.8, 4) is 0 Å². The molecule has 3 heteroatoms. The Morgan fingerprint density at radius 1 is 0.750 bits per heavy atom. The van der Waals surface area contributed by atoms with Crippen LogP contribution in [0.25, 0.3) is 0 Å². The molecule has 24 heavy (non-hydrogen) atoms. The summed E-state index contributed by atoms with van der Waals surface area (Å²) in [6.45, 7) is 0.240. The Morgan fingerprint density at radius 2 is 1.29 bits per heavy atom. The molecule has 2 nitrogen and oxygen atoms in total. The maximum absolute atomic E-state index is 12.7. The molecule has 0 aromatic heterocycles. The lowest BCUT2D eigenvalue weighted by molar-refractivity contribution is -0.141. The normalized spacial score (nSPS) is 10.6. The van der Waals surface area contributed by atoms with Gasteiger partial charge in [-0.3, -0.25) is 4.79 Å². The van der Waals surface area contributed by atoms with Gasteiger partial charge in [0.1, 0.15) is 12.5 Å². The third kappa shape index (κ3) is 4.03. The fourth-order valence-corrected chi connectivity index (χ4v) is 2.55. The SMILES string of the molecule is O=C(OCc1ccccc1)[C](c1ccccc1)c1ccc(Cl)cc1. The van der Waals surface area contributed by atoms with Gasteiger partial charge in [0.15, 0.2) is 0 Å². The number of carbonyl (C=O) groups excluding carboxylic acids is 1. The predicted octanol–water partition coefficient (Wildman–Crippen LogP) is 5.05. The molecule has 1 radical (unpaired) electrons. The Balaban J connectivity index is 1.84. The molecule has 0 heterocycles. The van der Waals surface area contributed by atoms with Crippen molar-refractivity contribution in [1.29, 1.82) is 0 Å². The molecule has 0 unspecified atom stereocenters. The fourth-order valence-electron chi connectivity index (χ4n) is 2.42. The second-order valence-electron chi connectivity index (χ2n) is 5.31. The maximum atomic E-state index is 12.7. The molecular formula is C21H16ClO2. The quantitative estimate of drug-likeness (QED) is 0.609. The van der Waals surface area contributed by atoms with Gasteiger partial charge < -0.3 is 4.74 Å². The maximum Gasteiger partial charge on any atom is 0.323 e. The van der Waals surface area contributed by atoms with Gasteiger partial charge in [-0.15, -0.1) is 0 Å². The Hall–Kier alpha value is -2.58. The molecule has 119 valence electrons. The summed E-state index contributed by atoms with van der Waals surface area (Å²) in [6.07, 6.45) is 0. The van der Waals surface area contributed by atoms with E-state index in [-0.39, 0.29) is 12.6 Å². The van der Waals surface area contributed by atoms with E-state index in [2.05, 4.69) is 0 Å². The van der Waals surface area contributed by atoms with Gasteiger partial charge in [-0.25, -0.2) is 0 Å². The molecular weight excluding hydrogens is 320 g/mol. The van der Waals surface area contributed by atoms with Crippen molar-refractivity contribution >= 4 is 17.6 Å². The van der Waals surface area contributed by atoms with E-state index < -0.39 is 0 Å². The molecule has 0 atom stereocenters. The van der Waals surface area contributed by atoms with Crippen molar-refractivity contribution in [1.82, 2.24) is 0 Å². The summed E-state index contributed by atoms with van der Waals surface area (Å²) in [5.41, 5.74) is 2.55. The highest BCUT2D eigenvalue weighted by molar-refractivity contribution is 6.30. The molecule has 0 fully saturated rings. The topological polar surface area (TPSA) is 26.3 Å². The average molecular weight is 336 g/mol. The van der Waals surface area contributed by atoms with Crippen molar-refractivity contribution in [2.75, 3.05) is 0 Å². The molecule has 0 spiro atoms. The molecule has 3 aromatic carbocycles. The molecule has 0 saturated carbocycles. The number of ether oxygens (including phenoxy) is 1. The first-order valence-electron chi connectivity index (χ1n) is 7.63. The molecule has 0 amide bonds. The lowest BCUT2D eigenvalue weighted by Gasteiger charge is -2.16. The molecule has 3 rings (SSSR count). The number of esters is 1. The summed E-state index contributed by atoms with van der Waals surface area (Å²) >= 11 is 5.96. The van der Waals surface area contributed by atoms with Crippen LogP contribution in [0.5, 0.6) is 0 Å². The van der Waals surface area contributed by atoms with Crippen molar-refractivity contribution in [3.63, 3.8) is 0 Å². The number of hydrogen-bond donors (Lipinski definition) is 0. The Labute approximate surface area is 146 Å². The lowest BCUT2D eigenvalue weighted by Crippen LogP contribution is -2.18. The largest absolute Gasteiger partial charge is 0.460 e. The summed E-state index contributed by atoms with van der Waals surface area (Å²) in [7, 11) is 0. The van der Waals surface area contributed by atoms with Crippen LogP contribution in [0.2, 0.25) is 5.02 Å². The van der Waals surface area contributed by atoms with E-state index in [1.165, 1.54) is 0 Å². The van der Waals surface area contributed by atoms with Gasteiger partial charge in [-0.05, 0) is 28.8 Å². The number of rotatable bonds is 5. The molecule has 0 aliphatic rings. The smallest absolute Gasteiger partial charge is 0.323 e. The van der Waals surface area contributed by atoms with E-state index >= 15 is 0 Å². The number of benzene rings is 3. The summed E-state index contributed by atoms with van der Waals surface area (Å²) in [5, 5.41) is 0.629.